The third-order valence-electron chi connectivity index (χ3n) is 7.24. The lowest BCUT2D eigenvalue weighted by atomic mass is 9.96. The van der Waals surface area contributed by atoms with Crippen LogP contribution >= 0.6 is 18.3 Å². The quantitative estimate of drug-likeness (QED) is 0.0867. The summed E-state index contributed by atoms with van der Waals surface area (Å²) in [5.74, 6) is -0.247. The minimum atomic E-state index is -1.34. The van der Waals surface area contributed by atoms with Gasteiger partial charge in [0.05, 0.1) is 24.4 Å². The second-order valence-electron chi connectivity index (χ2n) is 9.64. The van der Waals surface area contributed by atoms with Crippen LogP contribution in [0.2, 0.25) is 0 Å². The van der Waals surface area contributed by atoms with Gasteiger partial charge in [0.15, 0.2) is 36.1 Å². The molecule has 3 unspecified atom stereocenters. The van der Waals surface area contributed by atoms with E-state index in [0.717, 1.165) is 0 Å². The molecule has 0 spiro atoms. The van der Waals surface area contributed by atoms with Crippen LogP contribution in [-0.4, -0.2) is 76.7 Å². The van der Waals surface area contributed by atoms with Gasteiger partial charge in [0.25, 0.3) is 5.56 Å². The Hall–Kier alpha value is -2.88. The highest BCUT2D eigenvalue weighted by molar-refractivity contribution is 7.32. The number of alkyl halides is 1. The van der Waals surface area contributed by atoms with Gasteiger partial charge in [-0.3, -0.25) is 19.6 Å². The smallest absolute Gasteiger partial charge is 0.280 e. The van der Waals surface area contributed by atoms with Crippen molar-refractivity contribution < 1.29 is 33.1 Å². The summed E-state index contributed by atoms with van der Waals surface area (Å²) in [7, 11) is 2.13. The second-order valence-corrected chi connectivity index (χ2v) is 11.0. The summed E-state index contributed by atoms with van der Waals surface area (Å²) in [6, 6.07) is 1.73. The number of anilines is 2. The van der Waals surface area contributed by atoms with Crippen LogP contribution in [0, 0.1) is 5.92 Å². The molecule has 2 saturated heterocycles. The number of nitrogen functional groups attached to an aromatic ring is 2. The molecule has 2 aliphatic heterocycles. The van der Waals surface area contributed by atoms with Crippen LogP contribution in [0.25, 0.3) is 22.2 Å². The molecule has 6 rings (SSSR count). The molecule has 41 heavy (non-hydrogen) atoms. The van der Waals surface area contributed by atoms with Gasteiger partial charge in [-0.2, -0.15) is 4.98 Å². The Balaban J connectivity index is 1.08. The van der Waals surface area contributed by atoms with E-state index in [1.54, 1.807) is 16.8 Å². The molecule has 6 heterocycles. The fourth-order valence-corrected chi connectivity index (χ4v) is 6.41. The van der Waals surface area contributed by atoms with Crippen molar-refractivity contribution in [2.24, 2.45) is 5.92 Å². The third-order valence-corrected chi connectivity index (χ3v) is 8.35. The molecule has 9 atom stereocenters. The van der Waals surface area contributed by atoms with Gasteiger partial charge in [-0.25, -0.2) is 24.2 Å². The van der Waals surface area contributed by atoms with E-state index in [9.17, 15) is 10.1 Å². The lowest BCUT2D eigenvalue weighted by Crippen LogP contribution is -2.26. The van der Waals surface area contributed by atoms with Crippen LogP contribution in [0.15, 0.2) is 29.7 Å². The number of nitrogens with two attached hydrogens (primary N) is 2. The number of rotatable bonds is 10. The first-order chi connectivity index (χ1) is 19.9. The molecule has 2 aliphatic rings. The highest BCUT2D eigenvalue weighted by Crippen LogP contribution is 2.42. The van der Waals surface area contributed by atoms with Crippen LogP contribution in [-0.2, 0) is 23.4 Å². The van der Waals surface area contributed by atoms with Crippen LogP contribution in [0.3, 0.4) is 0 Å². The summed E-state index contributed by atoms with van der Waals surface area (Å²) in [5, 5.41) is 10.1. The fourth-order valence-electron chi connectivity index (χ4n) is 5.32. The largest absolute Gasteiger partial charge is 0.383 e. The van der Waals surface area contributed by atoms with E-state index in [1.165, 1.54) is 17.2 Å². The molecule has 0 aliphatic carbocycles. The SMILES string of the molecule is Nc1nc2c(ncn2[C@@H]2OC(OPCC[C@H]3[C@H](F)[C@H](n4ccc5c(N)ncnc54)O[C@@H]3COP)C[C@H]2OO)c(=O)[nH]1. The molecule has 4 aromatic heterocycles. The van der Waals surface area contributed by atoms with Crippen molar-refractivity contribution in [2.75, 3.05) is 24.2 Å². The number of hydrogen-bond acceptors (Lipinski definition) is 13. The highest BCUT2D eigenvalue weighted by atomic mass is 31.1. The lowest BCUT2D eigenvalue weighted by molar-refractivity contribution is -0.293. The number of ether oxygens (including phenoxy) is 2. The van der Waals surface area contributed by atoms with Crippen molar-refractivity contribution in [3.8, 4) is 0 Å². The average Bonchev–Trinajstić information content (AvgIpc) is 3.72. The maximum Gasteiger partial charge on any atom is 0.280 e. The molecule has 16 nitrogen and oxygen atoms in total. The second kappa shape index (κ2) is 11.8. The van der Waals surface area contributed by atoms with Crippen molar-refractivity contribution in [1.29, 1.82) is 0 Å². The zero-order valence-electron chi connectivity index (χ0n) is 21.4. The van der Waals surface area contributed by atoms with Gasteiger partial charge in [-0.15, -0.1) is 0 Å². The molecule has 0 aromatic carbocycles. The van der Waals surface area contributed by atoms with Gasteiger partial charge in [-0.1, -0.05) is 0 Å². The molecule has 0 amide bonds. The predicted molar refractivity (Wildman–Crippen MR) is 147 cm³/mol. The Morgan fingerprint density at radius 3 is 2.88 bits per heavy atom. The van der Waals surface area contributed by atoms with E-state index < -0.39 is 48.6 Å². The summed E-state index contributed by atoms with van der Waals surface area (Å²) < 4.78 is 42.0. The first-order valence-corrected chi connectivity index (χ1v) is 14.2. The average molecular weight is 611 g/mol. The van der Waals surface area contributed by atoms with E-state index in [-0.39, 0.29) is 38.9 Å². The number of hydrogen-bond donors (Lipinski definition) is 4. The Kier molecular flexibility index (Phi) is 8.12. The van der Waals surface area contributed by atoms with E-state index in [4.69, 9.17) is 30.0 Å². The Morgan fingerprint density at radius 1 is 1.22 bits per heavy atom. The maximum atomic E-state index is 15.8. The van der Waals surface area contributed by atoms with Crippen molar-refractivity contribution in [3.63, 3.8) is 0 Å². The number of fused-ring (bicyclic) bond motifs is 2. The Labute approximate surface area is 235 Å². The van der Waals surface area contributed by atoms with Gasteiger partial charge in [0.1, 0.15) is 23.9 Å². The number of halogens is 1. The topological polar surface area (TPSA) is 213 Å². The summed E-state index contributed by atoms with van der Waals surface area (Å²) in [6.45, 7) is 0.190. The molecule has 0 saturated carbocycles. The minimum Gasteiger partial charge on any atom is -0.383 e. The molecule has 0 radical (unpaired) electrons. The zero-order chi connectivity index (χ0) is 28.7. The van der Waals surface area contributed by atoms with Crippen molar-refractivity contribution in [2.45, 2.75) is 50.0 Å². The molecule has 4 aromatic rings. The number of aromatic nitrogens is 7. The van der Waals surface area contributed by atoms with Crippen LogP contribution in [0.1, 0.15) is 25.3 Å². The number of aromatic amines is 1. The summed E-state index contributed by atoms with van der Waals surface area (Å²) in [4.78, 5) is 35.5. The van der Waals surface area contributed by atoms with E-state index in [2.05, 4.69) is 39.3 Å². The molecule has 19 heteroatoms. The minimum absolute atomic E-state index is 0.0448. The normalized spacial score (nSPS) is 28.6. The van der Waals surface area contributed by atoms with Crippen molar-refractivity contribution in [3.05, 3.63) is 35.3 Å². The fraction of sp³-hybridized carbons (Fsp3) is 0.500. The van der Waals surface area contributed by atoms with Gasteiger partial charge >= 0.3 is 0 Å². The number of imidazole rings is 1. The van der Waals surface area contributed by atoms with Gasteiger partial charge in [0, 0.05) is 36.8 Å². The summed E-state index contributed by atoms with van der Waals surface area (Å²) in [6.07, 6.45) is 0.397. The van der Waals surface area contributed by atoms with E-state index >= 15 is 4.39 Å². The molecule has 220 valence electrons. The van der Waals surface area contributed by atoms with E-state index in [0.29, 0.717) is 29.4 Å². The van der Waals surface area contributed by atoms with E-state index in [1.807, 2.05) is 0 Å². The highest BCUT2D eigenvalue weighted by Gasteiger charge is 2.46. The van der Waals surface area contributed by atoms with Gasteiger partial charge in [0.2, 0.25) is 5.95 Å². The Morgan fingerprint density at radius 2 is 2.07 bits per heavy atom. The summed E-state index contributed by atoms with van der Waals surface area (Å²) >= 11 is 0. The van der Waals surface area contributed by atoms with Crippen molar-refractivity contribution in [1.82, 2.24) is 34.1 Å². The molecular weight excluding hydrogens is 583 g/mol. The standard InChI is InChI=1S/C22H28FN9O7P2/c23-14-9(12(6-35-40)36-21(14)31-3-1-10-16(24)26-7-27-17(10)31)2-4-41-39-13-5-11(38-34)20(37-13)32-8-28-15-18(32)29-22(25)30-19(15)33/h1,3,7-9,11-14,20-21,34,41H,2,4-6,40H2,(H2,24,26,27)(H3,25,29,30,33)/t9-,11-,12-,13?,14+,20-,21-/m1/s1. The molecule has 0 bridgehead atoms. The zero-order valence-corrected chi connectivity index (χ0v) is 23.5. The summed E-state index contributed by atoms with van der Waals surface area (Å²) in [5.41, 5.74) is 11.8. The molecule has 2 fully saturated rings. The third kappa shape index (κ3) is 5.28. The van der Waals surface area contributed by atoms with Gasteiger partial charge < -0.3 is 34.6 Å². The first kappa shape index (κ1) is 28.2. The van der Waals surface area contributed by atoms with Crippen LogP contribution in [0.5, 0.6) is 0 Å². The maximum absolute atomic E-state index is 15.8. The van der Waals surface area contributed by atoms with Gasteiger partial charge in [-0.05, 0) is 18.6 Å². The number of nitrogens with one attached hydrogen (secondary N) is 1. The predicted octanol–water partition coefficient (Wildman–Crippen LogP) is 1.49. The monoisotopic (exact) mass is 611 g/mol. The van der Waals surface area contributed by atoms with Crippen LogP contribution in [0.4, 0.5) is 16.2 Å². The lowest BCUT2D eigenvalue weighted by Gasteiger charge is -2.19. The number of nitrogens with zero attached hydrogens (tertiary/aromatic N) is 6. The first-order valence-electron chi connectivity index (χ1n) is 12.6. The number of H-pyrrole nitrogens is 1. The molecule has 6 N–H and O–H groups in total. The molecular formula is C22H28FN9O7P2. The van der Waals surface area contributed by atoms with Crippen LogP contribution < -0.4 is 17.0 Å². The van der Waals surface area contributed by atoms with Crippen molar-refractivity contribution >= 4 is 52.2 Å². The Bertz CT molecular complexity index is 1590.